The van der Waals surface area contributed by atoms with E-state index in [4.69, 9.17) is 21.6 Å². The fourth-order valence-electron chi connectivity index (χ4n) is 3.68. The van der Waals surface area contributed by atoms with Crippen LogP contribution in [0, 0.1) is 17.2 Å². The summed E-state index contributed by atoms with van der Waals surface area (Å²) in [5, 5.41) is 20.3. The molecule has 1 aromatic heterocycles. The van der Waals surface area contributed by atoms with Gasteiger partial charge in [0.25, 0.3) is 0 Å². The third kappa shape index (κ3) is 8.45. The van der Waals surface area contributed by atoms with Crippen LogP contribution < -0.4 is 26.0 Å². The highest BCUT2D eigenvalue weighted by atomic mass is 35.5. The van der Waals surface area contributed by atoms with E-state index in [-0.39, 0.29) is 6.03 Å². The number of ether oxygens (including phenoxy) is 1. The zero-order valence-corrected chi connectivity index (χ0v) is 19.7. The number of urea groups is 2. The molecule has 9 nitrogen and oxygen atoms in total. The molecule has 180 valence electrons. The maximum Gasteiger partial charge on any atom is 0.324 e. The summed E-state index contributed by atoms with van der Waals surface area (Å²) in [7, 11) is 0. The lowest BCUT2D eigenvalue weighted by Gasteiger charge is -2.21. The van der Waals surface area contributed by atoms with E-state index in [1.54, 1.807) is 24.3 Å². The van der Waals surface area contributed by atoms with Crippen LogP contribution in [-0.4, -0.2) is 36.7 Å². The number of nitrogens with one attached hydrogen (secondary N) is 4. The number of anilines is 2. The van der Waals surface area contributed by atoms with Crippen molar-refractivity contribution in [2.75, 3.05) is 30.3 Å². The lowest BCUT2D eigenvalue weighted by Crippen LogP contribution is -2.39. The number of aromatic nitrogens is 1. The number of benzene rings is 1. The Hall–Kier alpha value is -3.51. The molecule has 1 fully saturated rings. The van der Waals surface area contributed by atoms with E-state index in [1.165, 1.54) is 44.4 Å². The maximum atomic E-state index is 12.3. The normalized spacial score (nSPS) is 13.4. The second kappa shape index (κ2) is 13.3. The average Bonchev–Trinajstić information content (AvgIpc) is 2.85. The molecule has 1 aliphatic carbocycles. The predicted octanol–water partition coefficient (Wildman–Crippen LogP) is 4.90. The SMILES string of the molecule is N#Cc1ccc(NC(=O)Nc2cc(Cl)ccc2OCCCNC(=O)NCC2CCCCC2)nc1. The molecule has 3 rings (SSSR count). The molecular weight excluding hydrogens is 456 g/mol. The number of carbonyl (C=O) groups is 2. The van der Waals surface area contributed by atoms with Crippen molar-refractivity contribution >= 4 is 35.2 Å². The lowest BCUT2D eigenvalue weighted by atomic mass is 9.89. The molecule has 34 heavy (non-hydrogen) atoms. The number of pyridine rings is 1. The summed E-state index contributed by atoms with van der Waals surface area (Å²) in [6.07, 6.45) is 8.14. The van der Waals surface area contributed by atoms with Crippen molar-refractivity contribution in [3.05, 3.63) is 47.1 Å². The Morgan fingerprint density at radius 3 is 2.65 bits per heavy atom. The monoisotopic (exact) mass is 484 g/mol. The summed E-state index contributed by atoms with van der Waals surface area (Å²) in [5.41, 5.74) is 0.796. The molecule has 0 atom stereocenters. The number of amides is 4. The van der Waals surface area contributed by atoms with Crippen LogP contribution in [0.3, 0.4) is 0 Å². The molecule has 0 radical (unpaired) electrons. The summed E-state index contributed by atoms with van der Waals surface area (Å²) >= 11 is 6.07. The van der Waals surface area contributed by atoms with Gasteiger partial charge in [-0.2, -0.15) is 5.26 Å². The van der Waals surface area contributed by atoms with Gasteiger partial charge in [0.15, 0.2) is 0 Å². The number of nitriles is 1. The Kier molecular flexibility index (Phi) is 9.80. The molecule has 4 amide bonds. The zero-order chi connectivity index (χ0) is 24.2. The minimum absolute atomic E-state index is 0.160. The van der Waals surface area contributed by atoms with Gasteiger partial charge < -0.3 is 20.7 Å². The van der Waals surface area contributed by atoms with E-state index < -0.39 is 6.03 Å². The second-order valence-corrected chi connectivity index (χ2v) is 8.54. The first-order chi connectivity index (χ1) is 16.5. The third-order valence-electron chi connectivity index (χ3n) is 5.46. The van der Waals surface area contributed by atoms with Gasteiger partial charge in [0, 0.05) is 24.3 Å². The third-order valence-corrected chi connectivity index (χ3v) is 5.70. The molecule has 4 N–H and O–H groups in total. The summed E-state index contributed by atoms with van der Waals surface area (Å²) in [6, 6.07) is 9.29. The van der Waals surface area contributed by atoms with E-state index in [1.807, 2.05) is 6.07 Å². The Morgan fingerprint density at radius 2 is 1.91 bits per heavy atom. The molecule has 1 aromatic carbocycles. The number of hydrogen-bond acceptors (Lipinski definition) is 5. The average molecular weight is 485 g/mol. The van der Waals surface area contributed by atoms with Crippen LogP contribution in [0.25, 0.3) is 0 Å². The number of hydrogen-bond donors (Lipinski definition) is 4. The Labute approximate surface area is 204 Å². The fourth-order valence-corrected chi connectivity index (χ4v) is 3.85. The molecule has 1 saturated carbocycles. The van der Waals surface area contributed by atoms with Crippen LogP contribution in [0.1, 0.15) is 44.1 Å². The van der Waals surface area contributed by atoms with Crippen LogP contribution >= 0.6 is 11.6 Å². The Bertz CT molecular complexity index is 1000. The van der Waals surface area contributed by atoms with Crippen LogP contribution in [0.2, 0.25) is 5.02 Å². The first kappa shape index (κ1) is 25.1. The van der Waals surface area contributed by atoms with Crippen molar-refractivity contribution in [3.63, 3.8) is 0 Å². The van der Waals surface area contributed by atoms with Gasteiger partial charge in [0.05, 0.1) is 17.9 Å². The van der Waals surface area contributed by atoms with Gasteiger partial charge in [0.1, 0.15) is 17.6 Å². The number of nitrogens with zero attached hydrogens (tertiary/aromatic N) is 2. The number of halogens is 1. The van der Waals surface area contributed by atoms with Crippen LogP contribution in [-0.2, 0) is 0 Å². The molecule has 0 saturated heterocycles. The van der Waals surface area contributed by atoms with Gasteiger partial charge in [-0.15, -0.1) is 0 Å². The van der Waals surface area contributed by atoms with Crippen LogP contribution in [0.5, 0.6) is 5.75 Å². The zero-order valence-electron chi connectivity index (χ0n) is 18.9. The maximum absolute atomic E-state index is 12.3. The lowest BCUT2D eigenvalue weighted by molar-refractivity contribution is 0.234. The molecule has 2 aromatic rings. The highest BCUT2D eigenvalue weighted by Gasteiger charge is 2.14. The van der Waals surface area contributed by atoms with Gasteiger partial charge in [0.2, 0.25) is 0 Å². The number of carbonyl (C=O) groups excluding carboxylic acids is 2. The van der Waals surface area contributed by atoms with Gasteiger partial charge in [-0.1, -0.05) is 30.9 Å². The fraction of sp³-hybridized carbons (Fsp3) is 0.417. The molecular formula is C24H29ClN6O3. The highest BCUT2D eigenvalue weighted by Crippen LogP contribution is 2.28. The van der Waals surface area contributed by atoms with E-state index in [2.05, 4.69) is 26.3 Å². The van der Waals surface area contributed by atoms with Crippen molar-refractivity contribution in [2.45, 2.75) is 38.5 Å². The van der Waals surface area contributed by atoms with Gasteiger partial charge in [-0.25, -0.2) is 14.6 Å². The van der Waals surface area contributed by atoms with E-state index in [0.29, 0.717) is 53.3 Å². The van der Waals surface area contributed by atoms with Crippen molar-refractivity contribution in [2.24, 2.45) is 5.92 Å². The molecule has 0 unspecified atom stereocenters. The number of rotatable bonds is 9. The topological polar surface area (TPSA) is 128 Å². The first-order valence-corrected chi connectivity index (χ1v) is 11.8. The Balaban J connectivity index is 1.40. The van der Waals surface area contributed by atoms with Crippen molar-refractivity contribution < 1.29 is 14.3 Å². The van der Waals surface area contributed by atoms with Crippen molar-refractivity contribution in [3.8, 4) is 11.8 Å². The predicted molar refractivity (Wildman–Crippen MR) is 131 cm³/mol. The molecule has 10 heteroatoms. The quantitative estimate of drug-likeness (QED) is 0.376. The van der Waals surface area contributed by atoms with Crippen molar-refractivity contribution in [1.29, 1.82) is 5.26 Å². The standard InChI is InChI=1S/C24H29ClN6O3/c25-19-8-9-21(20(13-19)30-24(33)31-22-10-7-18(14-26)16-28-22)34-12-4-11-27-23(32)29-15-17-5-2-1-3-6-17/h7-10,13,16-17H,1-6,11-12,15H2,(H2,27,29,32)(H2,28,30,31,33). The van der Waals surface area contributed by atoms with E-state index >= 15 is 0 Å². The Morgan fingerprint density at radius 1 is 1.09 bits per heavy atom. The van der Waals surface area contributed by atoms with Crippen LogP contribution in [0.4, 0.5) is 21.1 Å². The van der Waals surface area contributed by atoms with E-state index in [9.17, 15) is 9.59 Å². The molecule has 1 heterocycles. The molecule has 0 spiro atoms. The van der Waals surface area contributed by atoms with Crippen LogP contribution in [0.15, 0.2) is 36.5 Å². The minimum atomic E-state index is -0.527. The summed E-state index contributed by atoms with van der Waals surface area (Å²) in [4.78, 5) is 28.3. The summed E-state index contributed by atoms with van der Waals surface area (Å²) < 4.78 is 5.79. The van der Waals surface area contributed by atoms with Gasteiger partial charge in [-0.05, 0) is 55.5 Å². The van der Waals surface area contributed by atoms with E-state index in [0.717, 1.165) is 6.54 Å². The minimum Gasteiger partial charge on any atom is -0.491 e. The van der Waals surface area contributed by atoms with Crippen molar-refractivity contribution in [1.82, 2.24) is 15.6 Å². The molecule has 1 aliphatic rings. The summed E-state index contributed by atoms with van der Waals surface area (Å²) in [6.45, 7) is 1.54. The second-order valence-electron chi connectivity index (χ2n) is 8.11. The largest absolute Gasteiger partial charge is 0.491 e. The first-order valence-electron chi connectivity index (χ1n) is 11.4. The molecule has 0 bridgehead atoms. The van der Waals surface area contributed by atoms with Gasteiger partial charge >= 0.3 is 12.1 Å². The summed E-state index contributed by atoms with van der Waals surface area (Å²) in [5.74, 6) is 1.34. The smallest absolute Gasteiger partial charge is 0.324 e. The van der Waals surface area contributed by atoms with Gasteiger partial charge in [-0.3, -0.25) is 5.32 Å². The molecule has 0 aliphatic heterocycles. The highest BCUT2D eigenvalue weighted by molar-refractivity contribution is 6.31.